The molecule has 3 N–H and O–H groups in total. The number of carbonyl (C=O) groups excluding carboxylic acids is 1. The van der Waals surface area contributed by atoms with Crippen LogP contribution in [0, 0.1) is 17.6 Å². The van der Waals surface area contributed by atoms with Crippen LogP contribution in [0.2, 0.25) is 0 Å². The van der Waals surface area contributed by atoms with Gasteiger partial charge in [-0.05, 0) is 55.9 Å². The Bertz CT molecular complexity index is 797. The fourth-order valence-electron chi connectivity index (χ4n) is 3.34. The van der Waals surface area contributed by atoms with E-state index < -0.39 is 17.2 Å². The number of halogens is 2. The highest BCUT2D eigenvalue weighted by Gasteiger charge is 2.33. The number of aromatic hydroxyl groups is 1. The van der Waals surface area contributed by atoms with Gasteiger partial charge in [0.25, 0.3) is 5.91 Å². The van der Waals surface area contributed by atoms with E-state index in [1.165, 1.54) is 24.3 Å². The number of amides is 1. The minimum absolute atomic E-state index is 0.0803. The lowest BCUT2D eigenvalue weighted by Crippen LogP contribution is -2.45. The molecule has 7 heteroatoms. The summed E-state index contributed by atoms with van der Waals surface area (Å²) in [4.78, 5) is 12.1. The highest BCUT2D eigenvalue weighted by Crippen LogP contribution is 2.32. The van der Waals surface area contributed by atoms with Crippen LogP contribution in [0.5, 0.6) is 11.5 Å². The molecule has 1 aliphatic rings. The number of ether oxygens (including phenoxy) is 1. The number of phenolic OH excluding ortho intramolecular Hbond substituents is 1. The molecule has 0 bridgehead atoms. The zero-order chi connectivity index (χ0) is 20.1. The molecule has 1 fully saturated rings. The Labute approximate surface area is 162 Å². The number of hydrogen-bond acceptors (Lipinski definition) is 4. The van der Waals surface area contributed by atoms with Gasteiger partial charge in [0.05, 0.1) is 12.2 Å². The number of aliphatic hydroxyl groups is 1. The van der Waals surface area contributed by atoms with Crippen molar-refractivity contribution in [2.45, 2.75) is 31.3 Å². The fraction of sp³-hybridized carbons (Fsp3) is 0.381. The maximum absolute atomic E-state index is 13.2. The molecule has 0 heterocycles. The van der Waals surface area contributed by atoms with Gasteiger partial charge in [-0.3, -0.25) is 4.79 Å². The third-order valence-electron chi connectivity index (χ3n) is 5.07. The van der Waals surface area contributed by atoms with Crippen LogP contribution in [0.1, 0.15) is 36.0 Å². The number of phenols is 1. The topological polar surface area (TPSA) is 78.8 Å². The third kappa shape index (κ3) is 5.42. The Morgan fingerprint density at radius 1 is 1.11 bits per heavy atom. The van der Waals surface area contributed by atoms with Gasteiger partial charge >= 0.3 is 0 Å². The number of nitrogens with one attached hydrogen (secondary N) is 1. The Morgan fingerprint density at radius 2 is 1.71 bits per heavy atom. The maximum Gasteiger partial charge on any atom is 0.251 e. The van der Waals surface area contributed by atoms with Crippen LogP contribution in [-0.2, 0) is 0 Å². The molecule has 2 aromatic rings. The van der Waals surface area contributed by atoms with Gasteiger partial charge in [0.2, 0.25) is 0 Å². The quantitative estimate of drug-likeness (QED) is 0.705. The standard InChI is InChI=1S/C21H23F2NO4/c22-16-9-17(23)11-19(10-16)28-12-14-5-7-21(27,8-6-14)13-24-20(26)15-1-3-18(25)4-2-15/h1-4,9-11,14,25,27H,5-8,12-13H2,(H,24,26)/t14-,21+. The molecule has 5 nitrogen and oxygen atoms in total. The molecule has 1 saturated carbocycles. The zero-order valence-corrected chi connectivity index (χ0v) is 15.3. The molecule has 0 saturated heterocycles. The van der Waals surface area contributed by atoms with E-state index in [-0.39, 0.29) is 29.9 Å². The van der Waals surface area contributed by atoms with Crippen LogP contribution >= 0.6 is 0 Å². The van der Waals surface area contributed by atoms with E-state index in [9.17, 15) is 23.8 Å². The predicted octanol–water partition coefficient (Wildman–Crippen LogP) is 3.40. The van der Waals surface area contributed by atoms with E-state index in [0.717, 1.165) is 18.2 Å². The predicted molar refractivity (Wildman–Crippen MR) is 99.2 cm³/mol. The molecule has 2 aromatic carbocycles. The first-order valence-electron chi connectivity index (χ1n) is 9.21. The number of rotatable bonds is 6. The molecule has 0 radical (unpaired) electrons. The van der Waals surface area contributed by atoms with Crippen molar-refractivity contribution in [2.75, 3.05) is 13.2 Å². The lowest BCUT2D eigenvalue weighted by Gasteiger charge is -2.36. The Morgan fingerprint density at radius 3 is 2.32 bits per heavy atom. The molecule has 1 aliphatic carbocycles. The monoisotopic (exact) mass is 391 g/mol. The molecular formula is C21H23F2NO4. The van der Waals surface area contributed by atoms with Gasteiger partial charge in [0.1, 0.15) is 23.1 Å². The molecule has 150 valence electrons. The Balaban J connectivity index is 1.44. The van der Waals surface area contributed by atoms with Crippen molar-refractivity contribution in [3.8, 4) is 11.5 Å². The van der Waals surface area contributed by atoms with E-state index in [1.807, 2.05) is 0 Å². The molecule has 0 atom stereocenters. The first-order valence-corrected chi connectivity index (χ1v) is 9.21. The average molecular weight is 391 g/mol. The van der Waals surface area contributed by atoms with Crippen molar-refractivity contribution in [2.24, 2.45) is 5.92 Å². The summed E-state index contributed by atoms with van der Waals surface area (Å²) in [6.45, 7) is 0.453. The first kappa shape index (κ1) is 20.1. The van der Waals surface area contributed by atoms with E-state index in [4.69, 9.17) is 4.74 Å². The van der Waals surface area contributed by atoms with E-state index >= 15 is 0 Å². The minimum Gasteiger partial charge on any atom is -0.508 e. The third-order valence-corrected chi connectivity index (χ3v) is 5.07. The molecule has 28 heavy (non-hydrogen) atoms. The SMILES string of the molecule is O=C(NC[C@]1(O)CC[C@@H](COc2cc(F)cc(F)c2)CC1)c1ccc(O)cc1. The second kappa shape index (κ2) is 8.56. The lowest BCUT2D eigenvalue weighted by atomic mass is 9.79. The summed E-state index contributed by atoms with van der Waals surface area (Å²) in [7, 11) is 0. The molecule has 0 spiro atoms. The smallest absolute Gasteiger partial charge is 0.251 e. The van der Waals surface area contributed by atoms with Gasteiger partial charge in [-0.25, -0.2) is 8.78 Å². The second-order valence-corrected chi connectivity index (χ2v) is 7.31. The van der Waals surface area contributed by atoms with Crippen molar-refractivity contribution in [3.63, 3.8) is 0 Å². The van der Waals surface area contributed by atoms with Gasteiger partial charge < -0.3 is 20.3 Å². The Kier molecular flexibility index (Phi) is 6.14. The van der Waals surface area contributed by atoms with E-state index in [1.54, 1.807) is 0 Å². The summed E-state index contributed by atoms with van der Waals surface area (Å²) >= 11 is 0. The van der Waals surface area contributed by atoms with Crippen LogP contribution in [0.3, 0.4) is 0 Å². The van der Waals surface area contributed by atoms with Gasteiger partial charge in [-0.15, -0.1) is 0 Å². The van der Waals surface area contributed by atoms with Crippen LogP contribution < -0.4 is 10.1 Å². The highest BCUT2D eigenvalue weighted by molar-refractivity contribution is 5.94. The van der Waals surface area contributed by atoms with Crippen molar-refractivity contribution >= 4 is 5.91 Å². The highest BCUT2D eigenvalue weighted by atomic mass is 19.1. The largest absolute Gasteiger partial charge is 0.508 e. The van der Waals surface area contributed by atoms with Crippen LogP contribution in [0.4, 0.5) is 8.78 Å². The van der Waals surface area contributed by atoms with Crippen LogP contribution in [-0.4, -0.2) is 34.9 Å². The molecule has 0 aliphatic heterocycles. The van der Waals surface area contributed by atoms with E-state index in [2.05, 4.69) is 5.32 Å². The molecule has 1 amide bonds. The summed E-state index contributed by atoms with van der Waals surface area (Å²) in [6.07, 6.45) is 2.36. The van der Waals surface area contributed by atoms with Gasteiger partial charge in [0, 0.05) is 30.3 Å². The average Bonchev–Trinajstić information content (AvgIpc) is 2.66. The Hall–Kier alpha value is -2.67. The summed E-state index contributed by atoms with van der Waals surface area (Å²) in [5.41, 5.74) is -0.584. The first-order chi connectivity index (χ1) is 13.3. The zero-order valence-electron chi connectivity index (χ0n) is 15.3. The summed E-state index contributed by atoms with van der Waals surface area (Å²) in [6, 6.07) is 8.96. The second-order valence-electron chi connectivity index (χ2n) is 7.31. The number of hydrogen-bond donors (Lipinski definition) is 3. The summed E-state index contributed by atoms with van der Waals surface area (Å²) < 4.78 is 31.9. The minimum atomic E-state index is -0.992. The van der Waals surface area contributed by atoms with Crippen molar-refractivity contribution in [3.05, 3.63) is 59.7 Å². The summed E-state index contributed by atoms with van der Waals surface area (Å²) in [5, 5.41) is 22.7. The van der Waals surface area contributed by atoms with Crippen LogP contribution in [0.15, 0.2) is 42.5 Å². The molecule has 0 unspecified atom stereocenters. The number of benzene rings is 2. The fourth-order valence-corrected chi connectivity index (χ4v) is 3.34. The maximum atomic E-state index is 13.2. The van der Waals surface area contributed by atoms with Crippen molar-refractivity contribution in [1.82, 2.24) is 5.32 Å². The molecule has 3 rings (SSSR count). The van der Waals surface area contributed by atoms with Gasteiger partial charge in [-0.1, -0.05) is 0 Å². The van der Waals surface area contributed by atoms with Crippen molar-refractivity contribution in [1.29, 1.82) is 0 Å². The van der Waals surface area contributed by atoms with Crippen LogP contribution in [0.25, 0.3) is 0 Å². The van der Waals surface area contributed by atoms with Gasteiger partial charge in [0.15, 0.2) is 0 Å². The van der Waals surface area contributed by atoms with Crippen molar-refractivity contribution < 1.29 is 28.5 Å². The van der Waals surface area contributed by atoms with Gasteiger partial charge in [-0.2, -0.15) is 0 Å². The van der Waals surface area contributed by atoms with E-state index in [0.29, 0.717) is 37.9 Å². The lowest BCUT2D eigenvalue weighted by molar-refractivity contribution is -0.0129. The molecular weight excluding hydrogens is 368 g/mol. The summed E-state index contributed by atoms with van der Waals surface area (Å²) in [5.74, 6) is -1.28. The normalized spacial score (nSPS) is 21.9. The molecule has 0 aromatic heterocycles. The number of carbonyl (C=O) groups is 1.